The van der Waals surface area contributed by atoms with E-state index in [-0.39, 0.29) is 11.9 Å². The van der Waals surface area contributed by atoms with Crippen molar-refractivity contribution in [2.45, 2.75) is 25.7 Å². The molecule has 4 rings (SSSR count). The van der Waals surface area contributed by atoms with Crippen LogP contribution in [0.5, 0.6) is 0 Å². The van der Waals surface area contributed by atoms with Crippen molar-refractivity contribution in [2.75, 3.05) is 51.7 Å². The number of amides is 1. The van der Waals surface area contributed by atoms with Gasteiger partial charge >= 0.3 is 5.97 Å². The van der Waals surface area contributed by atoms with Gasteiger partial charge in [-0.05, 0) is 36.8 Å². The van der Waals surface area contributed by atoms with E-state index in [2.05, 4.69) is 39.4 Å². The Bertz CT molecular complexity index is 962. The number of anilines is 1. The van der Waals surface area contributed by atoms with Crippen LogP contribution in [-0.2, 0) is 22.4 Å². The number of piperazine rings is 1. The Kier molecular flexibility index (Phi) is 7.73. The van der Waals surface area contributed by atoms with Crippen molar-refractivity contribution < 1.29 is 14.3 Å². The highest BCUT2D eigenvalue weighted by atomic mass is 32.1. The molecule has 1 aliphatic carbocycles. The molecule has 6 nitrogen and oxygen atoms in total. The van der Waals surface area contributed by atoms with Gasteiger partial charge in [-0.3, -0.25) is 14.6 Å². The molecule has 1 fully saturated rings. The van der Waals surface area contributed by atoms with Crippen LogP contribution in [-0.4, -0.2) is 68.1 Å². The standard InChI is InChI=1S/C25H31N3O3S/c1-31-25(30)23-20-11-5-6-12-21(20)32-24(23)26-22(29)18-28-16-14-27(15-17-28)13-7-10-19-8-3-2-4-9-19/h2-4,7-10H,5-6,11-18H2,1H3,(H,26,29)/b10-7+. The molecule has 32 heavy (non-hydrogen) atoms. The van der Waals surface area contributed by atoms with Gasteiger partial charge in [-0.1, -0.05) is 42.5 Å². The zero-order valence-electron chi connectivity index (χ0n) is 18.6. The van der Waals surface area contributed by atoms with Crippen molar-refractivity contribution >= 4 is 34.3 Å². The Morgan fingerprint density at radius 1 is 1.06 bits per heavy atom. The summed E-state index contributed by atoms with van der Waals surface area (Å²) in [6, 6.07) is 10.3. The lowest BCUT2D eigenvalue weighted by atomic mass is 9.95. The van der Waals surface area contributed by atoms with Gasteiger partial charge in [-0.2, -0.15) is 0 Å². The summed E-state index contributed by atoms with van der Waals surface area (Å²) in [5.41, 5.74) is 2.85. The first-order valence-corrected chi connectivity index (χ1v) is 12.1. The fraction of sp³-hybridized carbons (Fsp3) is 0.440. The normalized spacial score (nSPS) is 17.3. The van der Waals surface area contributed by atoms with E-state index in [1.165, 1.54) is 28.9 Å². The first-order valence-electron chi connectivity index (χ1n) is 11.3. The van der Waals surface area contributed by atoms with E-state index in [9.17, 15) is 9.59 Å². The number of rotatable bonds is 7. The van der Waals surface area contributed by atoms with Crippen LogP contribution in [0.25, 0.3) is 6.08 Å². The SMILES string of the molecule is COC(=O)c1c(NC(=O)CN2CCN(C/C=C/c3ccccc3)CC2)sc2c1CCCC2. The molecule has 0 spiro atoms. The Balaban J connectivity index is 1.27. The zero-order chi connectivity index (χ0) is 22.3. The van der Waals surface area contributed by atoms with Crippen molar-refractivity contribution in [3.63, 3.8) is 0 Å². The highest BCUT2D eigenvalue weighted by molar-refractivity contribution is 7.17. The van der Waals surface area contributed by atoms with Crippen LogP contribution in [0, 0.1) is 0 Å². The second-order valence-corrected chi connectivity index (χ2v) is 9.45. The molecule has 0 saturated carbocycles. The maximum absolute atomic E-state index is 12.7. The number of aryl methyl sites for hydroxylation is 1. The number of benzene rings is 1. The maximum atomic E-state index is 12.7. The van der Waals surface area contributed by atoms with Crippen molar-refractivity contribution in [1.82, 2.24) is 9.80 Å². The summed E-state index contributed by atoms with van der Waals surface area (Å²) in [6.45, 7) is 4.85. The molecule has 2 aliphatic rings. The third-order valence-electron chi connectivity index (χ3n) is 6.12. The monoisotopic (exact) mass is 453 g/mol. The van der Waals surface area contributed by atoms with Crippen molar-refractivity contribution in [3.8, 4) is 0 Å². The fourth-order valence-corrected chi connectivity index (χ4v) is 5.67. The van der Waals surface area contributed by atoms with Gasteiger partial charge in [0, 0.05) is 37.6 Å². The van der Waals surface area contributed by atoms with Crippen LogP contribution in [0.2, 0.25) is 0 Å². The molecule has 1 aliphatic heterocycles. The van der Waals surface area contributed by atoms with Crippen LogP contribution >= 0.6 is 11.3 Å². The first kappa shape index (κ1) is 22.7. The first-order chi connectivity index (χ1) is 15.6. The summed E-state index contributed by atoms with van der Waals surface area (Å²) in [6.07, 6.45) is 8.41. The summed E-state index contributed by atoms with van der Waals surface area (Å²) < 4.78 is 5.00. The minimum Gasteiger partial charge on any atom is -0.465 e. The van der Waals surface area contributed by atoms with Gasteiger partial charge in [0.05, 0.1) is 19.2 Å². The minimum absolute atomic E-state index is 0.0637. The number of ether oxygens (including phenoxy) is 1. The number of hydrogen-bond acceptors (Lipinski definition) is 6. The van der Waals surface area contributed by atoms with Crippen molar-refractivity contribution in [1.29, 1.82) is 0 Å². The molecule has 2 aromatic rings. The number of esters is 1. The van der Waals surface area contributed by atoms with Gasteiger partial charge in [0.2, 0.25) is 5.91 Å². The molecular weight excluding hydrogens is 422 g/mol. The van der Waals surface area contributed by atoms with E-state index >= 15 is 0 Å². The maximum Gasteiger partial charge on any atom is 0.341 e. The van der Waals surface area contributed by atoms with Gasteiger partial charge < -0.3 is 10.1 Å². The van der Waals surface area contributed by atoms with Crippen LogP contribution < -0.4 is 5.32 Å². The molecule has 170 valence electrons. The Labute approximate surface area is 193 Å². The smallest absolute Gasteiger partial charge is 0.341 e. The third-order valence-corrected chi connectivity index (χ3v) is 7.33. The Morgan fingerprint density at radius 2 is 1.78 bits per heavy atom. The van der Waals surface area contributed by atoms with Gasteiger partial charge in [-0.25, -0.2) is 4.79 Å². The molecular formula is C25H31N3O3S. The van der Waals surface area contributed by atoms with Crippen molar-refractivity contribution in [3.05, 3.63) is 58.0 Å². The molecule has 1 amide bonds. The van der Waals surface area contributed by atoms with E-state index in [0.29, 0.717) is 17.1 Å². The second-order valence-electron chi connectivity index (χ2n) is 8.34. The topological polar surface area (TPSA) is 61.9 Å². The Morgan fingerprint density at radius 3 is 2.53 bits per heavy atom. The molecule has 1 saturated heterocycles. The third kappa shape index (κ3) is 5.65. The molecule has 1 aromatic carbocycles. The summed E-state index contributed by atoms with van der Waals surface area (Å²) in [7, 11) is 1.40. The highest BCUT2D eigenvalue weighted by Crippen LogP contribution is 2.38. The van der Waals surface area contributed by atoms with E-state index in [4.69, 9.17) is 4.74 Å². The van der Waals surface area contributed by atoms with Gasteiger partial charge in [0.25, 0.3) is 0 Å². The number of methoxy groups -OCH3 is 1. The summed E-state index contributed by atoms with van der Waals surface area (Å²) in [4.78, 5) is 30.9. The molecule has 2 heterocycles. The number of hydrogen-bond donors (Lipinski definition) is 1. The van der Waals surface area contributed by atoms with Crippen LogP contribution in [0.15, 0.2) is 36.4 Å². The summed E-state index contributed by atoms with van der Waals surface area (Å²) in [5.74, 6) is -0.414. The van der Waals surface area contributed by atoms with Crippen LogP contribution in [0.1, 0.15) is 39.2 Å². The van der Waals surface area contributed by atoms with E-state index in [1.54, 1.807) is 0 Å². The second kappa shape index (κ2) is 10.9. The summed E-state index contributed by atoms with van der Waals surface area (Å²) in [5, 5.41) is 3.66. The lowest BCUT2D eigenvalue weighted by Crippen LogP contribution is -2.48. The van der Waals surface area contributed by atoms with E-state index in [1.807, 2.05) is 18.2 Å². The van der Waals surface area contributed by atoms with Gasteiger partial charge in [0.1, 0.15) is 5.00 Å². The highest BCUT2D eigenvalue weighted by Gasteiger charge is 2.27. The van der Waals surface area contributed by atoms with Crippen molar-refractivity contribution in [2.24, 2.45) is 0 Å². The summed E-state index contributed by atoms with van der Waals surface area (Å²) >= 11 is 1.54. The van der Waals surface area contributed by atoms with Gasteiger partial charge in [0.15, 0.2) is 0 Å². The molecule has 1 N–H and O–H groups in total. The van der Waals surface area contributed by atoms with Crippen LogP contribution in [0.4, 0.5) is 5.00 Å². The molecule has 7 heteroatoms. The van der Waals surface area contributed by atoms with E-state index < -0.39 is 0 Å². The largest absolute Gasteiger partial charge is 0.465 e. The zero-order valence-corrected chi connectivity index (χ0v) is 19.5. The van der Waals surface area contributed by atoms with E-state index in [0.717, 1.165) is 64.0 Å². The molecule has 0 unspecified atom stereocenters. The number of thiophene rings is 1. The number of carbonyl (C=O) groups excluding carboxylic acids is 2. The molecule has 0 bridgehead atoms. The lowest BCUT2D eigenvalue weighted by molar-refractivity contribution is -0.117. The van der Waals surface area contributed by atoms with Gasteiger partial charge in [-0.15, -0.1) is 11.3 Å². The quantitative estimate of drug-likeness (QED) is 0.648. The number of nitrogens with one attached hydrogen (secondary N) is 1. The molecule has 0 radical (unpaired) electrons. The molecule has 0 atom stereocenters. The predicted octanol–water partition coefficient (Wildman–Crippen LogP) is 3.68. The Hall–Kier alpha value is -2.48. The number of carbonyl (C=O) groups is 2. The minimum atomic E-state index is -0.350. The average molecular weight is 454 g/mol. The average Bonchev–Trinajstić information content (AvgIpc) is 3.18. The fourth-order valence-electron chi connectivity index (χ4n) is 4.37. The lowest BCUT2D eigenvalue weighted by Gasteiger charge is -2.33. The predicted molar refractivity (Wildman–Crippen MR) is 129 cm³/mol. The number of fused-ring (bicyclic) bond motifs is 1. The number of nitrogens with zero attached hydrogens (tertiary/aromatic N) is 2. The molecule has 1 aromatic heterocycles. The van der Waals surface area contributed by atoms with Crippen LogP contribution in [0.3, 0.4) is 0 Å².